The lowest BCUT2D eigenvalue weighted by Crippen LogP contribution is -2.14. The molecule has 0 fully saturated rings. The summed E-state index contributed by atoms with van der Waals surface area (Å²) in [7, 11) is 1.59. The number of aromatic nitrogens is 2. The fourth-order valence-corrected chi connectivity index (χ4v) is 3.65. The molecule has 6 nitrogen and oxygen atoms in total. The lowest BCUT2D eigenvalue weighted by Gasteiger charge is -2.04. The third-order valence-electron chi connectivity index (χ3n) is 4.10. The Hall–Kier alpha value is -3.19. The molecule has 0 radical (unpaired) electrons. The first kappa shape index (κ1) is 16.3. The van der Waals surface area contributed by atoms with E-state index in [9.17, 15) is 9.59 Å². The number of amides is 1. The molecule has 130 valence electrons. The number of benzene rings is 1. The summed E-state index contributed by atoms with van der Waals surface area (Å²) in [6, 6.07) is 12.4. The summed E-state index contributed by atoms with van der Waals surface area (Å²) in [5, 5.41) is 3.26. The number of carbonyl (C=O) groups is 1. The Balaban J connectivity index is 1.73. The van der Waals surface area contributed by atoms with Gasteiger partial charge in [0.25, 0.3) is 11.5 Å². The van der Waals surface area contributed by atoms with Crippen LogP contribution in [0.15, 0.2) is 53.5 Å². The second kappa shape index (κ2) is 6.27. The summed E-state index contributed by atoms with van der Waals surface area (Å²) in [5.41, 5.74) is 1.99. The van der Waals surface area contributed by atoms with E-state index in [1.165, 1.54) is 15.7 Å². The molecule has 0 atom stereocenters. The number of nitrogens with zero attached hydrogens (tertiary/aromatic N) is 2. The number of carbonyl (C=O) groups excluding carboxylic acids is 1. The molecule has 26 heavy (non-hydrogen) atoms. The summed E-state index contributed by atoms with van der Waals surface area (Å²) in [6.45, 7) is 1.90. The largest absolute Gasteiger partial charge is 0.497 e. The molecule has 0 saturated heterocycles. The highest BCUT2D eigenvalue weighted by atomic mass is 32.1. The summed E-state index contributed by atoms with van der Waals surface area (Å²) in [4.78, 5) is 30.8. The fourth-order valence-electron chi connectivity index (χ4n) is 2.74. The van der Waals surface area contributed by atoms with Crippen LogP contribution in [0.5, 0.6) is 5.75 Å². The number of methoxy groups -OCH3 is 1. The minimum atomic E-state index is -0.275. The van der Waals surface area contributed by atoms with Gasteiger partial charge in [-0.05, 0) is 48.9 Å². The van der Waals surface area contributed by atoms with Gasteiger partial charge >= 0.3 is 0 Å². The van der Waals surface area contributed by atoms with Crippen LogP contribution in [0, 0.1) is 6.92 Å². The Morgan fingerprint density at radius 3 is 2.73 bits per heavy atom. The first-order valence-electron chi connectivity index (χ1n) is 7.94. The number of hydrogen-bond acceptors (Lipinski definition) is 5. The average Bonchev–Trinajstić information content (AvgIpc) is 3.08. The second-order valence-corrected chi connectivity index (χ2v) is 6.84. The quantitative estimate of drug-likeness (QED) is 0.603. The van der Waals surface area contributed by atoms with Crippen molar-refractivity contribution in [2.24, 2.45) is 0 Å². The van der Waals surface area contributed by atoms with Gasteiger partial charge in [0.15, 0.2) is 0 Å². The highest BCUT2D eigenvalue weighted by Gasteiger charge is 2.15. The van der Waals surface area contributed by atoms with Crippen molar-refractivity contribution in [1.82, 2.24) is 9.38 Å². The number of thiophene rings is 1. The number of anilines is 1. The van der Waals surface area contributed by atoms with E-state index in [1.54, 1.807) is 49.7 Å². The summed E-state index contributed by atoms with van der Waals surface area (Å²) in [5.74, 6) is 0.437. The number of hydrogen-bond donors (Lipinski definition) is 1. The summed E-state index contributed by atoms with van der Waals surface area (Å²) >= 11 is 1.21. The molecule has 0 aliphatic carbocycles. The number of fused-ring (bicyclic) bond motifs is 2. The van der Waals surface area contributed by atoms with E-state index in [0.29, 0.717) is 32.2 Å². The van der Waals surface area contributed by atoms with Crippen molar-refractivity contribution >= 4 is 38.8 Å². The van der Waals surface area contributed by atoms with Crippen LogP contribution in [0.2, 0.25) is 0 Å². The Morgan fingerprint density at radius 1 is 1.23 bits per heavy atom. The van der Waals surface area contributed by atoms with E-state index < -0.39 is 0 Å². The molecule has 7 heteroatoms. The molecule has 1 N–H and O–H groups in total. The molecule has 0 saturated carbocycles. The van der Waals surface area contributed by atoms with Crippen molar-refractivity contribution < 1.29 is 9.53 Å². The highest BCUT2D eigenvalue weighted by molar-refractivity contribution is 7.20. The van der Waals surface area contributed by atoms with Crippen LogP contribution in [0.25, 0.3) is 15.9 Å². The Kier molecular flexibility index (Phi) is 3.93. The maximum atomic E-state index is 12.7. The van der Waals surface area contributed by atoms with E-state index in [2.05, 4.69) is 10.3 Å². The molecule has 1 amide bonds. The molecular formula is C19H15N3O3S. The van der Waals surface area contributed by atoms with Gasteiger partial charge in [0.05, 0.1) is 17.4 Å². The van der Waals surface area contributed by atoms with Gasteiger partial charge < -0.3 is 10.1 Å². The van der Waals surface area contributed by atoms with Gasteiger partial charge in [-0.2, -0.15) is 0 Å². The standard InChI is InChI=1S/C19H15N3O3S/c1-11-4-3-9-22-16(11)21-18-14(19(22)24)10-15(26-18)17(23)20-12-5-7-13(25-2)8-6-12/h3-10H,1-2H3,(H,20,23). The van der Waals surface area contributed by atoms with Crippen LogP contribution >= 0.6 is 11.3 Å². The van der Waals surface area contributed by atoms with Gasteiger partial charge in [-0.3, -0.25) is 14.0 Å². The van der Waals surface area contributed by atoms with Gasteiger partial charge in [-0.25, -0.2) is 4.98 Å². The molecule has 0 aliphatic heterocycles. The lowest BCUT2D eigenvalue weighted by molar-refractivity contribution is 0.103. The van der Waals surface area contributed by atoms with E-state index in [-0.39, 0.29) is 11.5 Å². The minimum Gasteiger partial charge on any atom is -0.497 e. The number of nitrogens with one attached hydrogen (secondary N) is 1. The van der Waals surface area contributed by atoms with Gasteiger partial charge in [0.2, 0.25) is 0 Å². The molecule has 0 unspecified atom stereocenters. The van der Waals surface area contributed by atoms with Crippen molar-refractivity contribution in [2.45, 2.75) is 6.92 Å². The molecule has 0 aliphatic rings. The van der Waals surface area contributed by atoms with Crippen molar-refractivity contribution in [3.8, 4) is 5.75 Å². The van der Waals surface area contributed by atoms with Gasteiger partial charge in [0, 0.05) is 11.9 Å². The van der Waals surface area contributed by atoms with Crippen LogP contribution in [0.1, 0.15) is 15.2 Å². The first-order chi connectivity index (χ1) is 12.6. The zero-order valence-electron chi connectivity index (χ0n) is 14.1. The van der Waals surface area contributed by atoms with Crippen molar-refractivity contribution in [3.63, 3.8) is 0 Å². The average molecular weight is 365 g/mol. The van der Waals surface area contributed by atoms with Gasteiger partial charge in [0.1, 0.15) is 16.2 Å². The first-order valence-corrected chi connectivity index (χ1v) is 8.75. The lowest BCUT2D eigenvalue weighted by atomic mass is 10.2. The second-order valence-electron chi connectivity index (χ2n) is 5.81. The zero-order valence-corrected chi connectivity index (χ0v) is 15.0. The normalized spacial score (nSPS) is 11.0. The summed E-state index contributed by atoms with van der Waals surface area (Å²) in [6.07, 6.45) is 1.69. The maximum Gasteiger partial charge on any atom is 0.266 e. The van der Waals surface area contributed by atoms with Crippen LogP contribution < -0.4 is 15.6 Å². The Bertz CT molecular complexity index is 1190. The third kappa shape index (κ3) is 2.72. The van der Waals surface area contributed by atoms with Crippen molar-refractivity contribution in [2.75, 3.05) is 12.4 Å². The Morgan fingerprint density at radius 2 is 2.00 bits per heavy atom. The number of pyridine rings is 1. The molecule has 4 aromatic rings. The van der Waals surface area contributed by atoms with Gasteiger partial charge in [-0.1, -0.05) is 6.07 Å². The maximum absolute atomic E-state index is 12.7. The number of ether oxygens (including phenoxy) is 1. The minimum absolute atomic E-state index is 0.173. The third-order valence-corrected chi connectivity index (χ3v) is 5.13. The van der Waals surface area contributed by atoms with E-state index in [4.69, 9.17) is 4.74 Å². The van der Waals surface area contributed by atoms with E-state index in [1.807, 2.05) is 13.0 Å². The predicted octanol–water partition coefficient (Wildman–Crippen LogP) is 3.48. The monoisotopic (exact) mass is 365 g/mol. The van der Waals surface area contributed by atoms with E-state index >= 15 is 0 Å². The number of aryl methyl sites for hydroxylation is 1. The molecule has 4 rings (SSSR count). The van der Waals surface area contributed by atoms with Crippen LogP contribution in [0.3, 0.4) is 0 Å². The predicted molar refractivity (Wildman–Crippen MR) is 103 cm³/mol. The molecule has 3 heterocycles. The zero-order chi connectivity index (χ0) is 18.3. The van der Waals surface area contributed by atoms with Crippen LogP contribution in [-0.4, -0.2) is 22.4 Å². The van der Waals surface area contributed by atoms with Crippen molar-refractivity contribution in [3.05, 3.63) is 69.5 Å². The molecule has 3 aromatic heterocycles. The van der Waals surface area contributed by atoms with Crippen LogP contribution in [-0.2, 0) is 0 Å². The van der Waals surface area contributed by atoms with Crippen LogP contribution in [0.4, 0.5) is 5.69 Å². The molecule has 0 spiro atoms. The molecule has 1 aromatic carbocycles. The summed E-state index contributed by atoms with van der Waals surface area (Å²) < 4.78 is 6.61. The SMILES string of the molecule is COc1ccc(NC(=O)c2cc3c(=O)n4cccc(C)c4nc3s2)cc1. The Labute approximate surface area is 152 Å². The fraction of sp³-hybridized carbons (Fsp3) is 0.105. The molecule has 0 bridgehead atoms. The van der Waals surface area contributed by atoms with Crippen molar-refractivity contribution in [1.29, 1.82) is 0 Å². The van der Waals surface area contributed by atoms with Gasteiger partial charge in [-0.15, -0.1) is 11.3 Å². The topological polar surface area (TPSA) is 72.7 Å². The highest BCUT2D eigenvalue weighted by Crippen LogP contribution is 2.24. The molecular weight excluding hydrogens is 350 g/mol. The van der Waals surface area contributed by atoms with E-state index in [0.717, 1.165) is 5.56 Å². The smallest absolute Gasteiger partial charge is 0.266 e. The number of rotatable bonds is 3.